The van der Waals surface area contributed by atoms with Crippen LogP contribution in [0.25, 0.3) is 10.9 Å². The van der Waals surface area contributed by atoms with Gasteiger partial charge in [0.25, 0.3) is 0 Å². The molecule has 3 heteroatoms. The van der Waals surface area contributed by atoms with Gasteiger partial charge in [-0.05, 0) is 56.3 Å². The molecule has 1 heterocycles. The summed E-state index contributed by atoms with van der Waals surface area (Å²) in [6, 6.07) is 8.42. The van der Waals surface area contributed by atoms with Gasteiger partial charge < -0.3 is 5.32 Å². The van der Waals surface area contributed by atoms with Crippen LogP contribution in [0.4, 0.5) is 0 Å². The van der Waals surface area contributed by atoms with Crippen LogP contribution in [0.1, 0.15) is 11.1 Å². The predicted molar refractivity (Wildman–Crippen MR) is 69.1 cm³/mol. The summed E-state index contributed by atoms with van der Waals surface area (Å²) in [5.74, 6) is 0. The first-order chi connectivity index (χ1) is 7.70. The van der Waals surface area contributed by atoms with Crippen LogP contribution in [0.15, 0.2) is 24.3 Å². The van der Waals surface area contributed by atoms with Crippen LogP contribution in [0, 0.1) is 6.92 Å². The molecule has 0 saturated heterocycles. The monoisotopic (exact) mass is 234 g/mol. The fraction of sp³-hybridized carbons (Fsp3) is 0.308. The highest BCUT2D eigenvalue weighted by Crippen LogP contribution is 2.20. The molecule has 16 heavy (non-hydrogen) atoms. The second kappa shape index (κ2) is 4.81. The van der Waals surface area contributed by atoms with Crippen molar-refractivity contribution in [1.29, 1.82) is 0 Å². The van der Waals surface area contributed by atoms with Gasteiger partial charge >= 0.3 is 0 Å². The zero-order valence-electron chi connectivity index (χ0n) is 9.55. The lowest BCUT2D eigenvalue weighted by Gasteiger charge is -2.05. The van der Waals surface area contributed by atoms with Crippen molar-refractivity contribution in [2.75, 3.05) is 13.6 Å². The summed E-state index contributed by atoms with van der Waals surface area (Å²) in [5.41, 5.74) is 3.31. The van der Waals surface area contributed by atoms with Crippen LogP contribution in [0.3, 0.4) is 0 Å². The second-order valence-electron chi connectivity index (χ2n) is 3.98. The number of benzene rings is 1. The zero-order valence-corrected chi connectivity index (χ0v) is 10.3. The Hall–Kier alpha value is -1.12. The molecule has 2 nitrogen and oxygen atoms in total. The van der Waals surface area contributed by atoms with Crippen LogP contribution in [-0.4, -0.2) is 18.6 Å². The summed E-state index contributed by atoms with van der Waals surface area (Å²) in [5, 5.41) is 4.90. The molecular weight excluding hydrogens is 220 g/mol. The molecule has 0 saturated carbocycles. The van der Waals surface area contributed by atoms with E-state index >= 15 is 0 Å². The maximum atomic E-state index is 5.99. The number of halogens is 1. The lowest BCUT2D eigenvalue weighted by Crippen LogP contribution is -2.10. The van der Waals surface area contributed by atoms with E-state index in [1.807, 2.05) is 20.0 Å². The molecule has 0 spiro atoms. The van der Waals surface area contributed by atoms with E-state index in [2.05, 4.69) is 28.5 Å². The molecule has 2 aromatic rings. The third-order valence-corrected chi connectivity index (χ3v) is 3.05. The lowest BCUT2D eigenvalue weighted by molar-refractivity contribution is 0.792. The van der Waals surface area contributed by atoms with E-state index < -0.39 is 0 Å². The number of nitrogens with one attached hydrogen (secondary N) is 1. The summed E-state index contributed by atoms with van der Waals surface area (Å²) in [4.78, 5) is 4.35. The maximum Gasteiger partial charge on any atom is 0.132 e. The van der Waals surface area contributed by atoms with Gasteiger partial charge in [0.1, 0.15) is 5.15 Å². The van der Waals surface area contributed by atoms with Gasteiger partial charge in [0.2, 0.25) is 0 Å². The molecule has 1 N–H and O–H groups in total. The van der Waals surface area contributed by atoms with Crippen molar-refractivity contribution in [3.05, 3.63) is 40.5 Å². The standard InChI is InChI=1S/C13H15ClN2/c1-9-7-11-8-10(5-6-15-2)3-4-12(11)16-13(9)14/h3-4,7-8,15H,5-6H2,1-2H3. The first-order valence-electron chi connectivity index (χ1n) is 5.41. The van der Waals surface area contributed by atoms with Crippen molar-refractivity contribution in [1.82, 2.24) is 10.3 Å². The molecule has 1 aromatic carbocycles. The molecular formula is C13H15ClN2. The number of fused-ring (bicyclic) bond motifs is 1. The highest BCUT2D eigenvalue weighted by molar-refractivity contribution is 6.30. The van der Waals surface area contributed by atoms with E-state index in [0.717, 1.165) is 29.4 Å². The first kappa shape index (κ1) is 11.4. The molecule has 0 fully saturated rings. The molecule has 0 aliphatic carbocycles. The number of hydrogen-bond acceptors (Lipinski definition) is 2. The Bertz CT molecular complexity index is 509. The van der Waals surface area contributed by atoms with E-state index in [-0.39, 0.29) is 0 Å². The Morgan fingerprint density at radius 3 is 2.88 bits per heavy atom. The highest BCUT2D eigenvalue weighted by atomic mass is 35.5. The Labute approximate surface area is 101 Å². The van der Waals surface area contributed by atoms with E-state index in [1.165, 1.54) is 5.56 Å². The molecule has 0 radical (unpaired) electrons. The molecule has 2 rings (SSSR count). The molecule has 0 aliphatic heterocycles. The van der Waals surface area contributed by atoms with Gasteiger partial charge in [-0.2, -0.15) is 0 Å². The summed E-state index contributed by atoms with van der Waals surface area (Å²) >= 11 is 5.99. The van der Waals surface area contributed by atoms with Crippen LogP contribution in [0.5, 0.6) is 0 Å². The van der Waals surface area contributed by atoms with E-state index in [4.69, 9.17) is 11.6 Å². The number of aryl methyl sites for hydroxylation is 1. The van der Waals surface area contributed by atoms with Gasteiger partial charge in [-0.25, -0.2) is 4.98 Å². The number of hydrogen-bond donors (Lipinski definition) is 1. The largest absolute Gasteiger partial charge is 0.319 e. The molecule has 0 amide bonds. The fourth-order valence-electron chi connectivity index (χ4n) is 1.73. The van der Waals surface area contributed by atoms with E-state index in [9.17, 15) is 0 Å². The summed E-state index contributed by atoms with van der Waals surface area (Å²) in [6.45, 7) is 2.97. The quantitative estimate of drug-likeness (QED) is 0.826. The predicted octanol–water partition coefficient (Wildman–Crippen LogP) is 2.96. The van der Waals surface area contributed by atoms with Crippen molar-refractivity contribution >= 4 is 22.5 Å². The summed E-state index contributed by atoms with van der Waals surface area (Å²) in [7, 11) is 1.96. The number of likely N-dealkylation sites (N-methyl/N-ethyl adjacent to an activating group) is 1. The fourth-order valence-corrected chi connectivity index (χ4v) is 1.88. The number of pyridine rings is 1. The smallest absolute Gasteiger partial charge is 0.132 e. The van der Waals surface area contributed by atoms with Crippen molar-refractivity contribution in [2.24, 2.45) is 0 Å². The van der Waals surface area contributed by atoms with Gasteiger partial charge in [-0.15, -0.1) is 0 Å². The van der Waals surface area contributed by atoms with E-state index in [1.54, 1.807) is 0 Å². The molecule has 1 aromatic heterocycles. The van der Waals surface area contributed by atoms with Crippen molar-refractivity contribution in [2.45, 2.75) is 13.3 Å². The SMILES string of the molecule is CNCCc1ccc2nc(Cl)c(C)cc2c1. The highest BCUT2D eigenvalue weighted by Gasteiger charge is 2.02. The minimum absolute atomic E-state index is 0.593. The normalized spacial score (nSPS) is 10.9. The zero-order chi connectivity index (χ0) is 11.5. The van der Waals surface area contributed by atoms with Gasteiger partial charge in [-0.1, -0.05) is 17.7 Å². The van der Waals surface area contributed by atoms with Crippen LogP contribution >= 0.6 is 11.6 Å². The average molecular weight is 235 g/mol. The number of aromatic nitrogens is 1. The summed E-state index contributed by atoms with van der Waals surface area (Å²) in [6.07, 6.45) is 1.04. The minimum Gasteiger partial charge on any atom is -0.319 e. The van der Waals surface area contributed by atoms with Crippen LogP contribution < -0.4 is 5.32 Å². The van der Waals surface area contributed by atoms with Crippen molar-refractivity contribution in [3.8, 4) is 0 Å². The molecule has 0 unspecified atom stereocenters. The van der Waals surface area contributed by atoms with Gasteiger partial charge in [0.05, 0.1) is 5.52 Å². The Morgan fingerprint density at radius 1 is 1.31 bits per heavy atom. The average Bonchev–Trinajstić information content (AvgIpc) is 2.28. The Kier molecular flexibility index (Phi) is 3.42. The van der Waals surface area contributed by atoms with Crippen molar-refractivity contribution < 1.29 is 0 Å². The third kappa shape index (κ3) is 2.34. The Balaban J connectivity index is 2.41. The second-order valence-corrected chi connectivity index (χ2v) is 4.33. The van der Waals surface area contributed by atoms with Gasteiger partial charge in [0.15, 0.2) is 0 Å². The Morgan fingerprint density at radius 2 is 2.12 bits per heavy atom. The topological polar surface area (TPSA) is 24.9 Å². The molecule has 0 aliphatic rings. The van der Waals surface area contributed by atoms with E-state index in [0.29, 0.717) is 5.15 Å². The summed E-state index contributed by atoms with van der Waals surface area (Å²) < 4.78 is 0. The molecule has 84 valence electrons. The maximum absolute atomic E-state index is 5.99. The van der Waals surface area contributed by atoms with Crippen LogP contribution in [0.2, 0.25) is 5.15 Å². The molecule has 0 atom stereocenters. The lowest BCUT2D eigenvalue weighted by atomic mass is 10.1. The molecule has 0 bridgehead atoms. The first-order valence-corrected chi connectivity index (χ1v) is 5.79. The number of nitrogens with zero attached hydrogens (tertiary/aromatic N) is 1. The van der Waals surface area contributed by atoms with Crippen molar-refractivity contribution in [3.63, 3.8) is 0 Å². The van der Waals surface area contributed by atoms with Gasteiger partial charge in [0, 0.05) is 5.39 Å². The minimum atomic E-state index is 0.593. The number of rotatable bonds is 3. The van der Waals surface area contributed by atoms with Gasteiger partial charge in [-0.3, -0.25) is 0 Å². The third-order valence-electron chi connectivity index (χ3n) is 2.67. The van der Waals surface area contributed by atoms with Crippen LogP contribution in [-0.2, 0) is 6.42 Å².